The van der Waals surface area contributed by atoms with Crippen LogP contribution in [0.25, 0.3) is 22.6 Å². The molecular weight excluding hydrogens is 362 g/mol. The lowest BCUT2D eigenvalue weighted by Gasteiger charge is -2.09. The van der Waals surface area contributed by atoms with E-state index >= 15 is 0 Å². The number of hydrogen-bond acceptors (Lipinski definition) is 6. The first-order valence-corrected chi connectivity index (χ1v) is 9.43. The first kappa shape index (κ1) is 18.9. The van der Waals surface area contributed by atoms with E-state index in [0.29, 0.717) is 11.5 Å². The Balaban J connectivity index is 2.01. The molecule has 0 spiro atoms. The number of carbonyl (C=O) groups is 2. The summed E-state index contributed by atoms with van der Waals surface area (Å²) in [6.07, 6.45) is 0. The molecule has 3 rings (SSSR count). The summed E-state index contributed by atoms with van der Waals surface area (Å²) in [5, 5.41) is -0.753. The van der Waals surface area contributed by atoms with E-state index < -0.39 is 11.2 Å². The molecule has 3 aromatic rings. The van der Waals surface area contributed by atoms with Gasteiger partial charge in [0.25, 0.3) is 5.22 Å². The first-order valence-electron chi connectivity index (χ1n) is 8.55. The number of aromatic nitrogens is 1. The van der Waals surface area contributed by atoms with Crippen LogP contribution < -0.4 is 0 Å². The Morgan fingerprint density at radius 3 is 2.19 bits per heavy atom. The first-order chi connectivity index (χ1) is 13.1. The molecule has 138 valence electrons. The number of ether oxygens (including phenoxy) is 1. The number of hydrogen-bond donors (Lipinski definition) is 0. The largest absolute Gasteiger partial charge is 0.465 e. The van der Waals surface area contributed by atoms with E-state index in [1.807, 2.05) is 60.7 Å². The van der Waals surface area contributed by atoms with Gasteiger partial charge < -0.3 is 9.15 Å². The molecule has 0 aliphatic carbocycles. The van der Waals surface area contributed by atoms with Crippen molar-refractivity contribution in [3.8, 4) is 22.6 Å². The summed E-state index contributed by atoms with van der Waals surface area (Å²) in [5.41, 5.74) is 2.42. The van der Waals surface area contributed by atoms with Crippen LogP contribution in [-0.2, 0) is 14.3 Å². The van der Waals surface area contributed by atoms with Gasteiger partial charge in [-0.25, -0.2) is 4.98 Å². The molecule has 0 radical (unpaired) electrons. The molecule has 2 aromatic carbocycles. The van der Waals surface area contributed by atoms with Crippen LogP contribution in [0, 0.1) is 0 Å². The van der Waals surface area contributed by atoms with Crippen LogP contribution >= 0.6 is 11.8 Å². The third-order valence-electron chi connectivity index (χ3n) is 3.78. The van der Waals surface area contributed by atoms with Crippen LogP contribution in [0.15, 0.2) is 70.3 Å². The SMILES string of the molecule is CCOC(=O)C(Sc1nc(-c2ccccc2)c(-c2ccccc2)o1)C(C)=O. The van der Waals surface area contributed by atoms with Gasteiger partial charge in [-0.1, -0.05) is 60.7 Å². The number of esters is 1. The number of rotatable bonds is 7. The lowest BCUT2D eigenvalue weighted by Crippen LogP contribution is -2.27. The van der Waals surface area contributed by atoms with Crippen molar-refractivity contribution in [1.29, 1.82) is 0 Å². The minimum Gasteiger partial charge on any atom is -0.465 e. The minimum atomic E-state index is -1.00. The van der Waals surface area contributed by atoms with Crippen LogP contribution in [0.4, 0.5) is 0 Å². The number of Topliss-reactive ketones (excluding diaryl/α,β-unsaturated/α-hetero) is 1. The average molecular weight is 381 g/mol. The standard InChI is InChI=1S/C21H19NO4S/c1-3-25-20(24)19(14(2)23)27-21-22-17(15-10-6-4-7-11-15)18(26-21)16-12-8-5-9-13-16/h4-13,19H,3H2,1-2H3. The lowest BCUT2D eigenvalue weighted by molar-refractivity contribution is -0.144. The van der Waals surface area contributed by atoms with Crippen LogP contribution in [-0.4, -0.2) is 28.6 Å². The fraction of sp³-hybridized carbons (Fsp3) is 0.190. The summed E-state index contributed by atoms with van der Waals surface area (Å²) in [6, 6.07) is 19.2. The number of nitrogens with zero attached hydrogens (tertiary/aromatic N) is 1. The number of carbonyl (C=O) groups excluding carboxylic acids is 2. The predicted molar refractivity (Wildman–Crippen MR) is 104 cm³/mol. The van der Waals surface area contributed by atoms with Gasteiger partial charge in [-0.2, -0.15) is 0 Å². The summed E-state index contributed by atoms with van der Waals surface area (Å²) in [7, 11) is 0. The average Bonchev–Trinajstić information content (AvgIpc) is 3.11. The zero-order valence-corrected chi connectivity index (χ0v) is 15.9. The molecule has 0 amide bonds. The van der Waals surface area contributed by atoms with Crippen molar-refractivity contribution in [3.05, 3.63) is 60.7 Å². The fourth-order valence-electron chi connectivity index (χ4n) is 2.54. The van der Waals surface area contributed by atoms with Crippen molar-refractivity contribution in [3.63, 3.8) is 0 Å². The molecule has 1 unspecified atom stereocenters. The Kier molecular flexibility index (Phi) is 6.08. The minimum absolute atomic E-state index is 0.208. The molecule has 0 aliphatic rings. The van der Waals surface area contributed by atoms with E-state index in [1.165, 1.54) is 6.92 Å². The zero-order chi connectivity index (χ0) is 19.2. The van der Waals surface area contributed by atoms with E-state index in [2.05, 4.69) is 4.98 Å². The molecule has 0 bridgehead atoms. The van der Waals surface area contributed by atoms with Gasteiger partial charge in [-0.15, -0.1) is 0 Å². The smallest absolute Gasteiger partial charge is 0.327 e. The Labute approximate surface area is 161 Å². The molecule has 1 aromatic heterocycles. The number of thioether (sulfide) groups is 1. The third-order valence-corrected chi connectivity index (χ3v) is 4.92. The van der Waals surface area contributed by atoms with Gasteiger partial charge >= 0.3 is 5.97 Å². The maximum absolute atomic E-state index is 12.1. The van der Waals surface area contributed by atoms with Crippen molar-refractivity contribution >= 4 is 23.5 Å². The predicted octanol–water partition coefficient (Wildman–Crippen LogP) is 4.62. The van der Waals surface area contributed by atoms with Gasteiger partial charge in [0.15, 0.2) is 16.8 Å². The maximum Gasteiger partial charge on any atom is 0.327 e. The third kappa shape index (κ3) is 4.46. The van der Waals surface area contributed by atoms with E-state index in [1.54, 1.807) is 6.92 Å². The van der Waals surface area contributed by atoms with E-state index in [9.17, 15) is 9.59 Å². The Morgan fingerprint density at radius 2 is 1.63 bits per heavy atom. The summed E-state index contributed by atoms with van der Waals surface area (Å²) >= 11 is 0.967. The topological polar surface area (TPSA) is 69.4 Å². The summed E-state index contributed by atoms with van der Waals surface area (Å²) in [5.74, 6) is -0.301. The second-order valence-corrected chi connectivity index (χ2v) is 6.81. The van der Waals surface area contributed by atoms with Crippen LogP contribution in [0.2, 0.25) is 0 Å². The number of oxazole rings is 1. The highest BCUT2D eigenvalue weighted by Crippen LogP contribution is 2.36. The maximum atomic E-state index is 12.1. The van der Waals surface area contributed by atoms with Crippen molar-refractivity contribution < 1.29 is 18.7 Å². The van der Waals surface area contributed by atoms with Crippen molar-refractivity contribution in [2.75, 3.05) is 6.61 Å². The molecular formula is C21H19NO4S. The van der Waals surface area contributed by atoms with Gasteiger partial charge in [0.1, 0.15) is 5.69 Å². The Hall–Kier alpha value is -2.86. The summed E-state index contributed by atoms with van der Waals surface area (Å²) in [4.78, 5) is 28.6. The van der Waals surface area contributed by atoms with E-state index in [0.717, 1.165) is 22.9 Å². The molecule has 1 heterocycles. The van der Waals surface area contributed by atoms with Gasteiger partial charge in [0.05, 0.1) is 6.61 Å². The highest BCUT2D eigenvalue weighted by Gasteiger charge is 2.29. The van der Waals surface area contributed by atoms with Crippen molar-refractivity contribution in [2.24, 2.45) is 0 Å². The highest BCUT2D eigenvalue weighted by molar-refractivity contribution is 8.01. The Bertz CT molecular complexity index is 865. The van der Waals surface area contributed by atoms with E-state index in [4.69, 9.17) is 9.15 Å². The van der Waals surface area contributed by atoms with Crippen LogP contribution in [0.3, 0.4) is 0 Å². The molecule has 5 nitrogen and oxygen atoms in total. The quantitative estimate of drug-likeness (QED) is 0.338. The number of benzene rings is 2. The highest BCUT2D eigenvalue weighted by atomic mass is 32.2. The van der Waals surface area contributed by atoms with E-state index in [-0.39, 0.29) is 17.6 Å². The molecule has 0 saturated carbocycles. The van der Waals surface area contributed by atoms with Crippen LogP contribution in [0.1, 0.15) is 13.8 Å². The second-order valence-electron chi connectivity index (χ2n) is 5.75. The normalized spacial score (nSPS) is 11.8. The zero-order valence-electron chi connectivity index (χ0n) is 15.0. The van der Waals surface area contributed by atoms with Crippen LogP contribution in [0.5, 0.6) is 0 Å². The van der Waals surface area contributed by atoms with Crippen molar-refractivity contribution in [1.82, 2.24) is 4.98 Å². The fourth-order valence-corrected chi connectivity index (χ4v) is 3.35. The molecule has 0 fully saturated rings. The molecule has 27 heavy (non-hydrogen) atoms. The molecule has 0 saturated heterocycles. The molecule has 6 heteroatoms. The number of ketones is 1. The monoisotopic (exact) mass is 381 g/mol. The lowest BCUT2D eigenvalue weighted by atomic mass is 10.1. The summed E-state index contributed by atoms with van der Waals surface area (Å²) in [6.45, 7) is 3.26. The van der Waals surface area contributed by atoms with Crippen molar-refractivity contribution in [2.45, 2.75) is 24.3 Å². The van der Waals surface area contributed by atoms with Gasteiger partial charge in [0.2, 0.25) is 0 Å². The van der Waals surface area contributed by atoms with Gasteiger partial charge in [-0.05, 0) is 25.6 Å². The molecule has 0 N–H and O–H groups in total. The summed E-state index contributed by atoms with van der Waals surface area (Å²) < 4.78 is 10.9. The molecule has 0 aliphatic heterocycles. The van der Waals surface area contributed by atoms with Gasteiger partial charge in [0, 0.05) is 11.1 Å². The Morgan fingerprint density at radius 1 is 1.04 bits per heavy atom. The van der Waals surface area contributed by atoms with Gasteiger partial charge in [-0.3, -0.25) is 9.59 Å². The second kappa shape index (κ2) is 8.68. The molecule has 1 atom stereocenters.